The summed E-state index contributed by atoms with van der Waals surface area (Å²) in [6.07, 6.45) is 11.6. The number of furan rings is 1. The van der Waals surface area contributed by atoms with E-state index in [4.69, 9.17) is 32.8 Å². The highest BCUT2D eigenvalue weighted by Crippen LogP contribution is 2.64. The average Bonchev–Trinajstić information content (AvgIpc) is 4.23. The van der Waals surface area contributed by atoms with Crippen LogP contribution >= 0.6 is 165 Å². The van der Waals surface area contributed by atoms with Gasteiger partial charge >= 0.3 is 35.8 Å². The van der Waals surface area contributed by atoms with Crippen molar-refractivity contribution >= 4 is 212 Å². The number of allylic oxidation sites excluding steroid dienone is 5. The quantitative estimate of drug-likeness (QED) is 0.120. The van der Waals surface area contributed by atoms with Gasteiger partial charge < -0.3 is 32.8 Å². The second kappa shape index (κ2) is 25.2. The smallest absolute Gasteiger partial charge is 0.346 e. The summed E-state index contributed by atoms with van der Waals surface area (Å²) in [5.74, 6) is -3.47. The molecule has 0 saturated heterocycles. The molecule has 6 rings (SSSR count). The van der Waals surface area contributed by atoms with E-state index in [1.54, 1.807) is 76.6 Å². The number of carbonyl (C=O) groups is 6. The highest BCUT2D eigenvalue weighted by molar-refractivity contribution is 8.41. The van der Waals surface area contributed by atoms with Crippen LogP contribution in [0.4, 0.5) is 0 Å². The van der Waals surface area contributed by atoms with E-state index in [-0.39, 0.29) is 29.4 Å². The molecule has 0 amide bonds. The molecule has 5 aliphatic rings. The van der Waals surface area contributed by atoms with Crippen molar-refractivity contribution in [2.75, 3.05) is 67.7 Å². The highest BCUT2D eigenvalue weighted by Gasteiger charge is 2.39. The first-order chi connectivity index (χ1) is 32.2. The number of methoxy groups -OCH3 is 6. The topological polar surface area (TPSA) is 171 Å². The van der Waals surface area contributed by atoms with Gasteiger partial charge in [-0.1, -0.05) is 118 Å². The number of thioether (sulfide) groups is 14. The highest BCUT2D eigenvalue weighted by atomic mass is 32.3. The second-order valence-corrected chi connectivity index (χ2v) is 28.0. The van der Waals surface area contributed by atoms with Crippen molar-refractivity contribution in [1.82, 2.24) is 0 Å². The Morgan fingerprint density at radius 1 is 0.418 bits per heavy atom. The van der Waals surface area contributed by atoms with E-state index in [1.165, 1.54) is 66.2 Å². The number of carbonyl (C=O) groups excluding carboxylic acids is 6. The fourth-order valence-electron chi connectivity index (χ4n) is 5.44. The Hall–Kier alpha value is -1.60. The van der Waals surface area contributed by atoms with Crippen LogP contribution in [0, 0.1) is 0 Å². The van der Waals surface area contributed by atoms with Crippen LogP contribution in [0.15, 0.2) is 102 Å². The molecule has 1 aromatic rings. The average molecular weight is 1170 g/mol. The van der Waals surface area contributed by atoms with Crippen LogP contribution in [0.3, 0.4) is 0 Å². The Labute approximate surface area is 445 Å². The van der Waals surface area contributed by atoms with Gasteiger partial charge in [0.25, 0.3) is 0 Å². The lowest BCUT2D eigenvalue weighted by Crippen LogP contribution is -2.08. The van der Waals surface area contributed by atoms with Gasteiger partial charge in [0.2, 0.25) is 0 Å². The van der Waals surface area contributed by atoms with Gasteiger partial charge in [0, 0.05) is 16.7 Å². The molecule has 0 radical (unpaired) electrons. The fraction of sp³-hybridized carbons (Fsp3) is 0.250. The Bertz CT molecular complexity index is 2530. The molecule has 27 heteroatoms. The Balaban J connectivity index is 1.60. The fourth-order valence-corrected chi connectivity index (χ4v) is 22.8. The molecule has 6 heterocycles. The Morgan fingerprint density at radius 2 is 0.731 bits per heavy atom. The summed E-state index contributed by atoms with van der Waals surface area (Å²) >= 11 is 18.9. The second-order valence-electron chi connectivity index (χ2n) is 12.1. The molecular formula is C40H34O13S14. The Kier molecular flexibility index (Phi) is 20.6. The predicted molar refractivity (Wildman–Crippen MR) is 293 cm³/mol. The third-order valence-corrected chi connectivity index (χ3v) is 26.3. The van der Waals surface area contributed by atoms with Gasteiger partial charge in [-0.2, -0.15) is 0 Å². The largest absolute Gasteiger partial charge is 0.465 e. The van der Waals surface area contributed by atoms with E-state index >= 15 is 0 Å². The van der Waals surface area contributed by atoms with Crippen LogP contribution in [0.5, 0.6) is 0 Å². The molecule has 356 valence electrons. The van der Waals surface area contributed by atoms with Crippen LogP contribution in [-0.4, -0.2) is 103 Å². The maximum absolute atomic E-state index is 13.3. The summed E-state index contributed by atoms with van der Waals surface area (Å²) in [5, 5.41) is 0. The van der Waals surface area contributed by atoms with Gasteiger partial charge in [0.15, 0.2) is 0 Å². The molecule has 0 atom stereocenters. The van der Waals surface area contributed by atoms with Crippen molar-refractivity contribution in [2.24, 2.45) is 0 Å². The number of hydrogen-bond acceptors (Lipinski definition) is 27. The standard InChI is InChI=1S/C40H34O13S14/c1-47-28(41)22-23(29(42)48-2)59-19(58-22)13-15(34-64-37(54-7)38(55-8)65-34)17-11-12-18(53-17)21(36-66-39(56-9)40(57-10)67-36)16(35-62-26(32(45)51-5)27(63-35)33(46)52-6)14-20-60-24(30(43)49-3)25(61-20)31(44)50-4/h11-14H,1-10H3. The van der Waals surface area contributed by atoms with Crippen molar-refractivity contribution in [3.8, 4) is 0 Å². The van der Waals surface area contributed by atoms with Crippen LogP contribution in [0.2, 0.25) is 0 Å². The van der Waals surface area contributed by atoms with Crippen molar-refractivity contribution in [3.05, 3.63) is 109 Å². The van der Waals surface area contributed by atoms with Gasteiger partial charge in [-0.3, -0.25) is 0 Å². The molecule has 0 fully saturated rings. The normalized spacial score (nSPS) is 17.3. The maximum Gasteiger partial charge on any atom is 0.346 e. The minimum atomic E-state index is -0.746. The number of esters is 6. The molecule has 0 saturated carbocycles. The van der Waals surface area contributed by atoms with Crippen LogP contribution < -0.4 is 0 Å². The monoisotopic (exact) mass is 1170 g/mol. The summed E-state index contributed by atoms with van der Waals surface area (Å²) in [7, 11) is 7.36. The van der Waals surface area contributed by atoms with Crippen molar-refractivity contribution < 1.29 is 61.6 Å². The third kappa shape index (κ3) is 12.2. The minimum Gasteiger partial charge on any atom is -0.465 e. The van der Waals surface area contributed by atoms with Crippen molar-refractivity contribution in [2.45, 2.75) is 0 Å². The molecule has 13 nitrogen and oxygen atoms in total. The van der Waals surface area contributed by atoms with E-state index in [0.717, 1.165) is 96.0 Å². The van der Waals surface area contributed by atoms with E-state index < -0.39 is 35.8 Å². The molecule has 67 heavy (non-hydrogen) atoms. The zero-order valence-electron chi connectivity index (χ0n) is 36.3. The first-order valence-corrected chi connectivity index (χ1v) is 31.2. The molecule has 0 aromatic carbocycles. The lowest BCUT2D eigenvalue weighted by molar-refractivity contribution is -0.138. The SMILES string of the molecule is COC(=O)C1=C(C(=O)OC)SC(=CC(=C2SC(C(=O)OC)=C(C(=O)OC)S2)C(=C2SC(SC)=C(SC)S2)c2ccc(C(C=C3SC(C(=O)OC)=C(C(=O)OC)S3)=C3SC(SC)=C(SC)S3)o2)S1. The molecule has 5 aliphatic heterocycles. The van der Waals surface area contributed by atoms with Crippen LogP contribution in [0.25, 0.3) is 11.1 Å². The molecular weight excluding hydrogens is 1140 g/mol. The zero-order chi connectivity index (χ0) is 48.7. The molecule has 0 N–H and O–H groups in total. The molecule has 0 unspecified atom stereocenters. The van der Waals surface area contributed by atoms with Gasteiger partial charge in [-0.15, -0.1) is 47.0 Å². The molecule has 0 aliphatic carbocycles. The first kappa shape index (κ1) is 54.7. The maximum atomic E-state index is 13.3. The minimum absolute atomic E-state index is 0.0120. The van der Waals surface area contributed by atoms with Crippen molar-refractivity contribution in [3.63, 3.8) is 0 Å². The van der Waals surface area contributed by atoms with E-state index in [0.29, 0.717) is 41.0 Å². The van der Waals surface area contributed by atoms with Gasteiger partial charge in [-0.05, 0) is 49.3 Å². The van der Waals surface area contributed by atoms with Gasteiger partial charge in [0.1, 0.15) is 41.0 Å². The first-order valence-electron chi connectivity index (χ1n) is 18.2. The molecule has 1 aromatic heterocycles. The van der Waals surface area contributed by atoms with E-state index in [2.05, 4.69) is 0 Å². The zero-order valence-corrected chi connectivity index (χ0v) is 47.8. The van der Waals surface area contributed by atoms with Crippen molar-refractivity contribution in [1.29, 1.82) is 0 Å². The number of ether oxygens (including phenoxy) is 6. The summed E-state index contributed by atoms with van der Waals surface area (Å²) in [6, 6.07) is 3.66. The summed E-state index contributed by atoms with van der Waals surface area (Å²) in [6.45, 7) is 0. The molecule has 0 spiro atoms. The van der Waals surface area contributed by atoms with E-state index in [1.807, 2.05) is 43.2 Å². The predicted octanol–water partition coefficient (Wildman–Crippen LogP) is 12.3. The number of hydrogen-bond donors (Lipinski definition) is 0. The third-order valence-electron chi connectivity index (χ3n) is 8.42. The Morgan fingerprint density at radius 3 is 1.07 bits per heavy atom. The summed E-state index contributed by atoms with van der Waals surface area (Å²) < 4.78 is 44.9. The lowest BCUT2D eigenvalue weighted by atomic mass is 10.1. The van der Waals surface area contributed by atoms with Gasteiger partial charge in [-0.25, -0.2) is 28.8 Å². The van der Waals surface area contributed by atoms with Gasteiger partial charge in [0.05, 0.1) is 80.8 Å². The summed E-state index contributed by atoms with van der Waals surface area (Å²) in [5.41, 5.74) is 1.73. The van der Waals surface area contributed by atoms with E-state index in [9.17, 15) is 28.8 Å². The molecule has 0 bridgehead atoms. The summed E-state index contributed by atoms with van der Waals surface area (Å²) in [4.78, 5) is 78.8. The number of rotatable bonds is 15. The van der Waals surface area contributed by atoms with Crippen LogP contribution in [-0.2, 0) is 57.2 Å². The van der Waals surface area contributed by atoms with Crippen LogP contribution in [0.1, 0.15) is 11.5 Å². The lowest BCUT2D eigenvalue weighted by Gasteiger charge is -2.15.